The van der Waals surface area contributed by atoms with E-state index in [1.54, 1.807) is 6.92 Å². The topological polar surface area (TPSA) is 55.0 Å². The molecule has 0 amide bonds. The van der Waals surface area contributed by atoms with Crippen LogP contribution in [0.3, 0.4) is 0 Å². The Labute approximate surface area is 117 Å². The third-order valence-electron chi connectivity index (χ3n) is 3.49. The SMILES string of the molecule is CCc1nc(-c2ccc(OC3CC3)cc2)c(C)c(=O)[nH]1. The van der Waals surface area contributed by atoms with Gasteiger partial charge in [-0.2, -0.15) is 0 Å². The Morgan fingerprint density at radius 3 is 2.60 bits per heavy atom. The molecular formula is C16H18N2O2. The highest BCUT2D eigenvalue weighted by Crippen LogP contribution is 2.28. The summed E-state index contributed by atoms with van der Waals surface area (Å²) in [6, 6.07) is 7.82. The summed E-state index contributed by atoms with van der Waals surface area (Å²) in [4.78, 5) is 19.2. The fourth-order valence-corrected chi connectivity index (χ4v) is 2.10. The predicted octanol–water partition coefficient (Wildman–Crippen LogP) is 2.85. The summed E-state index contributed by atoms with van der Waals surface area (Å²) in [6.07, 6.45) is 3.41. The molecule has 4 heteroatoms. The minimum atomic E-state index is -0.0647. The Hall–Kier alpha value is -2.10. The van der Waals surface area contributed by atoms with Crippen LogP contribution >= 0.6 is 0 Å². The van der Waals surface area contributed by atoms with Gasteiger partial charge in [-0.25, -0.2) is 4.98 Å². The molecule has 20 heavy (non-hydrogen) atoms. The van der Waals surface area contributed by atoms with Crippen LogP contribution in [0.5, 0.6) is 5.75 Å². The van der Waals surface area contributed by atoms with Gasteiger partial charge in [-0.1, -0.05) is 6.92 Å². The number of aromatic nitrogens is 2. The molecule has 4 nitrogen and oxygen atoms in total. The summed E-state index contributed by atoms with van der Waals surface area (Å²) in [5, 5.41) is 0. The molecule has 1 N–H and O–H groups in total. The highest BCUT2D eigenvalue weighted by molar-refractivity contribution is 5.63. The third-order valence-corrected chi connectivity index (χ3v) is 3.49. The van der Waals surface area contributed by atoms with Gasteiger partial charge < -0.3 is 9.72 Å². The van der Waals surface area contributed by atoms with Gasteiger partial charge in [0, 0.05) is 17.5 Å². The fourth-order valence-electron chi connectivity index (χ4n) is 2.10. The molecule has 1 aromatic heterocycles. The number of nitrogens with zero attached hydrogens (tertiary/aromatic N) is 1. The molecular weight excluding hydrogens is 252 g/mol. The number of aromatic amines is 1. The number of nitrogens with one attached hydrogen (secondary N) is 1. The molecule has 0 atom stereocenters. The molecule has 1 aromatic carbocycles. The number of ether oxygens (including phenoxy) is 1. The van der Waals surface area contributed by atoms with E-state index in [9.17, 15) is 4.79 Å². The Morgan fingerprint density at radius 2 is 2.00 bits per heavy atom. The number of hydrogen-bond acceptors (Lipinski definition) is 3. The molecule has 2 aromatic rings. The van der Waals surface area contributed by atoms with Crippen molar-refractivity contribution in [2.75, 3.05) is 0 Å². The van der Waals surface area contributed by atoms with Crippen LogP contribution in [0.15, 0.2) is 29.1 Å². The minimum absolute atomic E-state index is 0.0647. The zero-order valence-electron chi connectivity index (χ0n) is 11.8. The van der Waals surface area contributed by atoms with Crippen molar-refractivity contribution in [3.05, 3.63) is 46.0 Å². The van der Waals surface area contributed by atoms with Gasteiger partial charge in [0.05, 0.1) is 11.8 Å². The van der Waals surface area contributed by atoms with Crippen molar-refractivity contribution >= 4 is 0 Å². The van der Waals surface area contributed by atoms with Crippen molar-refractivity contribution in [3.63, 3.8) is 0 Å². The highest BCUT2D eigenvalue weighted by Gasteiger charge is 2.23. The van der Waals surface area contributed by atoms with Gasteiger partial charge in [-0.3, -0.25) is 4.79 Å². The standard InChI is InChI=1S/C16H18N2O2/c1-3-14-17-15(10(2)16(19)18-14)11-4-6-12(7-5-11)20-13-8-9-13/h4-7,13H,3,8-9H2,1-2H3,(H,17,18,19). The number of hydrogen-bond donors (Lipinski definition) is 1. The van der Waals surface area contributed by atoms with Gasteiger partial charge in [0.15, 0.2) is 0 Å². The lowest BCUT2D eigenvalue weighted by Crippen LogP contribution is -2.15. The Kier molecular flexibility index (Phi) is 3.30. The van der Waals surface area contributed by atoms with Crippen molar-refractivity contribution < 1.29 is 4.74 Å². The fraction of sp³-hybridized carbons (Fsp3) is 0.375. The first kappa shape index (κ1) is 12.9. The van der Waals surface area contributed by atoms with Crippen LogP contribution in [-0.2, 0) is 6.42 Å². The zero-order chi connectivity index (χ0) is 14.1. The molecule has 0 saturated heterocycles. The quantitative estimate of drug-likeness (QED) is 0.929. The van der Waals surface area contributed by atoms with E-state index in [-0.39, 0.29) is 5.56 Å². The number of aryl methyl sites for hydroxylation is 1. The number of rotatable bonds is 4. The van der Waals surface area contributed by atoms with Crippen molar-refractivity contribution in [2.45, 2.75) is 39.2 Å². The lowest BCUT2D eigenvalue weighted by Gasteiger charge is -2.08. The smallest absolute Gasteiger partial charge is 0.254 e. The second kappa shape index (κ2) is 5.12. The molecule has 3 rings (SSSR count). The Bertz CT molecular complexity index is 670. The first-order chi connectivity index (χ1) is 9.67. The maximum atomic E-state index is 11.9. The average Bonchev–Trinajstić information content (AvgIpc) is 3.27. The molecule has 0 spiro atoms. The predicted molar refractivity (Wildman–Crippen MR) is 78.1 cm³/mol. The summed E-state index contributed by atoms with van der Waals surface area (Å²) >= 11 is 0. The van der Waals surface area contributed by atoms with Crippen LogP contribution in [-0.4, -0.2) is 16.1 Å². The molecule has 0 radical (unpaired) electrons. The molecule has 1 saturated carbocycles. The lowest BCUT2D eigenvalue weighted by atomic mass is 10.1. The summed E-state index contributed by atoms with van der Waals surface area (Å²) in [5.74, 6) is 1.60. The van der Waals surface area contributed by atoms with Gasteiger partial charge in [0.2, 0.25) is 0 Å². The van der Waals surface area contributed by atoms with Crippen molar-refractivity contribution in [1.82, 2.24) is 9.97 Å². The van der Waals surface area contributed by atoms with Crippen LogP contribution < -0.4 is 10.3 Å². The molecule has 0 aliphatic heterocycles. The van der Waals surface area contributed by atoms with E-state index < -0.39 is 0 Å². The van der Waals surface area contributed by atoms with E-state index in [4.69, 9.17) is 4.74 Å². The third kappa shape index (κ3) is 2.59. The maximum absolute atomic E-state index is 11.9. The molecule has 1 aliphatic carbocycles. The van der Waals surface area contributed by atoms with Gasteiger partial charge in [-0.05, 0) is 44.0 Å². The maximum Gasteiger partial charge on any atom is 0.254 e. The van der Waals surface area contributed by atoms with Crippen LogP contribution in [0, 0.1) is 6.92 Å². The summed E-state index contributed by atoms with van der Waals surface area (Å²) in [5.41, 5.74) is 2.29. The monoisotopic (exact) mass is 270 g/mol. The van der Waals surface area contributed by atoms with E-state index >= 15 is 0 Å². The van der Waals surface area contributed by atoms with Crippen molar-refractivity contribution in [1.29, 1.82) is 0 Å². The lowest BCUT2D eigenvalue weighted by molar-refractivity contribution is 0.303. The number of H-pyrrole nitrogens is 1. The van der Waals surface area contributed by atoms with E-state index in [0.717, 1.165) is 29.8 Å². The van der Waals surface area contributed by atoms with Crippen molar-refractivity contribution in [2.24, 2.45) is 0 Å². The zero-order valence-corrected chi connectivity index (χ0v) is 11.8. The van der Waals surface area contributed by atoms with E-state index in [1.165, 1.54) is 0 Å². The Balaban J connectivity index is 1.95. The van der Waals surface area contributed by atoms with Crippen LogP contribution in [0.25, 0.3) is 11.3 Å². The van der Waals surface area contributed by atoms with Gasteiger partial charge >= 0.3 is 0 Å². The van der Waals surface area contributed by atoms with E-state index in [1.807, 2.05) is 31.2 Å². The second-order valence-corrected chi connectivity index (χ2v) is 5.18. The summed E-state index contributed by atoms with van der Waals surface area (Å²) < 4.78 is 5.73. The van der Waals surface area contributed by atoms with E-state index in [2.05, 4.69) is 9.97 Å². The summed E-state index contributed by atoms with van der Waals surface area (Å²) in [6.45, 7) is 3.78. The first-order valence-corrected chi connectivity index (χ1v) is 7.04. The highest BCUT2D eigenvalue weighted by atomic mass is 16.5. The van der Waals surface area contributed by atoms with Gasteiger partial charge in [0.25, 0.3) is 5.56 Å². The normalized spacial score (nSPS) is 14.3. The van der Waals surface area contributed by atoms with Crippen LogP contribution in [0.4, 0.5) is 0 Å². The number of benzene rings is 1. The second-order valence-electron chi connectivity index (χ2n) is 5.18. The largest absolute Gasteiger partial charge is 0.490 e. The van der Waals surface area contributed by atoms with Crippen molar-refractivity contribution in [3.8, 4) is 17.0 Å². The van der Waals surface area contributed by atoms with E-state index in [0.29, 0.717) is 23.9 Å². The molecule has 1 fully saturated rings. The molecule has 1 aliphatic rings. The Morgan fingerprint density at radius 1 is 1.30 bits per heavy atom. The first-order valence-electron chi connectivity index (χ1n) is 7.04. The van der Waals surface area contributed by atoms with Gasteiger partial charge in [-0.15, -0.1) is 0 Å². The molecule has 1 heterocycles. The summed E-state index contributed by atoms with van der Waals surface area (Å²) in [7, 11) is 0. The molecule has 104 valence electrons. The van der Waals surface area contributed by atoms with Gasteiger partial charge in [0.1, 0.15) is 11.6 Å². The molecule has 0 bridgehead atoms. The average molecular weight is 270 g/mol. The van der Waals surface area contributed by atoms with Crippen LogP contribution in [0.1, 0.15) is 31.2 Å². The van der Waals surface area contributed by atoms with Crippen LogP contribution in [0.2, 0.25) is 0 Å². The molecule has 0 unspecified atom stereocenters. The minimum Gasteiger partial charge on any atom is -0.490 e.